The molecule has 2 heterocycles. The molecule has 0 spiro atoms. The summed E-state index contributed by atoms with van der Waals surface area (Å²) in [5.74, 6) is 0.220. The van der Waals surface area contributed by atoms with E-state index in [0.29, 0.717) is 10.7 Å². The summed E-state index contributed by atoms with van der Waals surface area (Å²) >= 11 is 1.80. The molecule has 0 bridgehead atoms. The van der Waals surface area contributed by atoms with Gasteiger partial charge in [0, 0.05) is 18.3 Å². The maximum Gasteiger partial charge on any atom is 0.244 e. The predicted octanol–water partition coefficient (Wildman–Crippen LogP) is 2.88. The third-order valence-electron chi connectivity index (χ3n) is 3.94. The lowest BCUT2D eigenvalue weighted by atomic mass is 9.90. The van der Waals surface area contributed by atoms with Crippen molar-refractivity contribution >= 4 is 22.8 Å². The minimum atomic E-state index is -0.164. The van der Waals surface area contributed by atoms with Crippen molar-refractivity contribution in [2.45, 2.75) is 64.7 Å². The van der Waals surface area contributed by atoms with Crippen molar-refractivity contribution < 1.29 is 4.79 Å². The predicted molar refractivity (Wildman–Crippen MR) is 90.8 cm³/mol. The molecule has 0 aromatic carbocycles. The Morgan fingerprint density at radius 1 is 1.38 bits per heavy atom. The van der Waals surface area contributed by atoms with E-state index in [1.807, 2.05) is 11.8 Å². The molecule has 4 nitrogen and oxygen atoms in total. The Hall–Kier alpha value is -0.710. The number of rotatable bonds is 3. The van der Waals surface area contributed by atoms with Gasteiger partial charge in [-0.15, -0.1) is 0 Å². The standard InChI is InChI=1S/C16H29N3OS/c1-12(14(20)19-8-6-5-7-9-19)18-15-17-11-13(21-15)10-16(2,3)4/h12-13H,5-11H2,1-4H3,(H,17,18). The van der Waals surface area contributed by atoms with Gasteiger partial charge in [0.2, 0.25) is 5.91 Å². The van der Waals surface area contributed by atoms with Crippen LogP contribution in [0.3, 0.4) is 0 Å². The summed E-state index contributed by atoms with van der Waals surface area (Å²) in [4.78, 5) is 19.0. The van der Waals surface area contributed by atoms with E-state index in [4.69, 9.17) is 0 Å². The number of aliphatic imine (C=N–C) groups is 1. The summed E-state index contributed by atoms with van der Waals surface area (Å²) in [5.41, 5.74) is 0.331. The Bertz CT molecular complexity index is 397. The second-order valence-corrected chi connectivity index (χ2v) is 8.69. The fraction of sp³-hybridized carbons (Fsp3) is 0.875. The molecule has 1 saturated heterocycles. The quantitative estimate of drug-likeness (QED) is 0.871. The summed E-state index contributed by atoms with van der Waals surface area (Å²) in [5, 5.41) is 4.81. The van der Waals surface area contributed by atoms with E-state index >= 15 is 0 Å². The molecule has 120 valence electrons. The highest BCUT2D eigenvalue weighted by Crippen LogP contribution is 2.31. The molecule has 2 rings (SSSR count). The molecule has 0 saturated carbocycles. The topological polar surface area (TPSA) is 44.7 Å². The summed E-state index contributed by atoms with van der Waals surface area (Å²) in [6.45, 7) is 11.4. The highest BCUT2D eigenvalue weighted by atomic mass is 32.2. The first-order valence-corrected chi connectivity index (χ1v) is 8.99. The van der Waals surface area contributed by atoms with Crippen molar-refractivity contribution in [1.82, 2.24) is 10.2 Å². The first-order chi connectivity index (χ1) is 9.85. The molecule has 1 amide bonds. The zero-order valence-corrected chi connectivity index (χ0v) is 14.6. The van der Waals surface area contributed by atoms with Crippen molar-refractivity contribution in [2.24, 2.45) is 10.4 Å². The van der Waals surface area contributed by atoms with Crippen LogP contribution in [-0.2, 0) is 4.79 Å². The number of amides is 1. The van der Waals surface area contributed by atoms with E-state index in [1.54, 1.807) is 11.8 Å². The number of thioether (sulfide) groups is 1. The number of hydrogen-bond donors (Lipinski definition) is 1. The van der Waals surface area contributed by atoms with Crippen LogP contribution in [0.1, 0.15) is 53.4 Å². The fourth-order valence-electron chi connectivity index (χ4n) is 2.92. The summed E-state index contributed by atoms with van der Waals surface area (Å²) < 4.78 is 0. The smallest absolute Gasteiger partial charge is 0.244 e. The van der Waals surface area contributed by atoms with E-state index in [0.717, 1.165) is 44.1 Å². The number of nitrogens with one attached hydrogen (secondary N) is 1. The van der Waals surface area contributed by atoms with Crippen molar-refractivity contribution in [2.75, 3.05) is 19.6 Å². The van der Waals surface area contributed by atoms with Gasteiger partial charge in [0.05, 0.1) is 6.54 Å². The molecule has 0 aromatic rings. The number of likely N-dealkylation sites (tertiary alicyclic amines) is 1. The molecule has 2 aliphatic heterocycles. The zero-order valence-electron chi connectivity index (χ0n) is 13.8. The highest BCUT2D eigenvalue weighted by Gasteiger charge is 2.28. The van der Waals surface area contributed by atoms with Crippen molar-refractivity contribution in [1.29, 1.82) is 0 Å². The van der Waals surface area contributed by atoms with Gasteiger partial charge >= 0.3 is 0 Å². The highest BCUT2D eigenvalue weighted by molar-refractivity contribution is 8.14. The lowest BCUT2D eigenvalue weighted by Gasteiger charge is -2.29. The van der Waals surface area contributed by atoms with Gasteiger partial charge in [0.1, 0.15) is 6.04 Å². The van der Waals surface area contributed by atoms with E-state index in [-0.39, 0.29) is 11.9 Å². The van der Waals surface area contributed by atoms with Crippen LogP contribution < -0.4 is 5.32 Å². The third-order valence-corrected chi connectivity index (χ3v) is 5.05. The van der Waals surface area contributed by atoms with Crippen LogP contribution in [0.15, 0.2) is 4.99 Å². The first kappa shape index (κ1) is 16.7. The van der Waals surface area contributed by atoms with Crippen LogP contribution in [0.2, 0.25) is 0 Å². The summed E-state index contributed by atoms with van der Waals surface area (Å²) in [6, 6.07) is -0.164. The van der Waals surface area contributed by atoms with Gasteiger partial charge in [-0.3, -0.25) is 9.79 Å². The van der Waals surface area contributed by atoms with Gasteiger partial charge in [-0.1, -0.05) is 32.5 Å². The van der Waals surface area contributed by atoms with E-state index < -0.39 is 0 Å². The van der Waals surface area contributed by atoms with Gasteiger partial charge in [0.25, 0.3) is 0 Å². The second-order valence-electron chi connectivity index (χ2n) is 7.40. The second kappa shape index (κ2) is 7.03. The van der Waals surface area contributed by atoms with Crippen molar-refractivity contribution in [3.8, 4) is 0 Å². The van der Waals surface area contributed by atoms with Crippen LogP contribution in [0.5, 0.6) is 0 Å². The van der Waals surface area contributed by atoms with E-state index in [2.05, 4.69) is 31.1 Å². The van der Waals surface area contributed by atoms with Gasteiger partial charge in [-0.2, -0.15) is 0 Å². The molecule has 1 N–H and O–H groups in total. The number of piperidine rings is 1. The lowest BCUT2D eigenvalue weighted by molar-refractivity contribution is -0.133. The Balaban J connectivity index is 1.78. The van der Waals surface area contributed by atoms with Crippen LogP contribution >= 0.6 is 11.8 Å². The van der Waals surface area contributed by atoms with Crippen LogP contribution in [0, 0.1) is 5.41 Å². The SMILES string of the molecule is CC(NC1=NCC(CC(C)(C)C)S1)C(=O)N1CCCCC1. The normalized spacial score (nSPS) is 24.7. The molecule has 0 aliphatic carbocycles. The van der Waals surface area contributed by atoms with Crippen LogP contribution in [0.4, 0.5) is 0 Å². The molecule has 2 aliphatic rings. The summed E-state index contributed by atoms with van der Waals surface area (Å²) in [7, 11) is 0. The Labute approximate surface area is 133 Å². The number of carbonyl (C=O) groups excluding carboxylic acids is 1. The summed E-state index contributed by atoms with van der Waals surface area (Å²) in [6.07, 6.45) is 4.69. The molecular formula is C16H29N3OS. The molecule has 5 heteroatoms. The molecule has 0 radical (unpaired) electrons. The molecule has 2 unspecified atom stereocenters. The number of carbonyl (C=O) groups is 1. The Morgan fingerprint density at radius 2 is 2.05 bits per heavy atom. The molecule has 21 heavy (non-hydrogen) atoms. The minimum absolute atomic E-state index is 0.164. The average Bonchev–Trinajstić information content (AvgIpc) is 2.83. The van der Waals surface area contributed by atoms with Gasteiger partial charge in [-0.25, -0.2) is 0 Å². The van der Waals surface area contributed by atoms with Gasteiger partial charge < -0.3 is 10.2 Å². The van der Waals surface area contributed by atoms with Gasteiger partial charge in [0.15, 0.2) is 5.17 Å². The third kappa shape index (κ3) is 5.20. The van der Waals surface area contributed by atoms with Gasteiger partial charge in [-0.05, 0) is 38.0 Å². The number of amidine groups is 1. The molecule has 0 aromatic heterocycles. The minimum Gasteiger partial charge on any atom is -0.353 e. The van der Waals surface area contributed by atoms with E-state index in [1.165, 1.54) is 6.42 Å². The number of nitrogens with zero attached hydrogens (tertiary/aromatic N) is 2. The molecule has 2 atom stereocenters. The maximum absolute atomic E-state index is 12.4. The maximum atomic E-state index is 12.4. The molecule has 1 fully saturated rings. The first-order valence-electron chi connectivity index (χ1n) is 8.11. The Kier molecular flexibility index (Phi) is 5.58. The lowest BCUT2D eigenvalue weighted by Crippen LogP contribution is -2.47. The largest absolute Gasteiger partial charge is 0.353 e. The monoisotopic (exact) mass is 311 g/mol. The van der Waals surface area contributed by atoms with Crippen molar-refractivity contribution in [3.05, 3.63) is 0 Å². The zero-order chi connectivity index (χ0) is 15.5. The van der Waals surface area contributed by atoms with Crippen molar-refractivity contribution in [3.63, 3.8) is 0 Å². The average molecular weight is 311 g/mol. The number of hydrogen-bond acceptors (Lipinski definition) is 4. The Morgan fingerprint density at radius 3 is 2.67 bits per heavy atom. The van der Waals surface area contributed by atoms with Crippen LogP contribution in [0.25, 0.3) is 0 Å². The van der Waals surface area contributed by atoms with E-state index in [9.17, 15) is 4.79 Å². The fourth-order valence-corrected chi connectivity index (χ4v) is 4.36. The van der Waals surface area contributed by atoms with Crippen LogP contribution in [-0.4, -0.2) is 46.9 Å². The molecular weight excluding hydrogens is 282 g/mol.